The van der Waals surface area contributed by atoms with Gasteiger partial charge in [0.15, 0.2) is 0 Å². The van der Waals surface area contributed by atoms with E-state index in [4.69, 9.17) is 4.74 Å². The third-order valence-electron chi connectivity index (χ3n) is 7.08. The molecule has 0 radical (unpaired) electrons. The molecule has 0 aromatic heterocycles. The number of carbonyl (C=O) groups excluding carboxylic acids is 1. The van der Waals surface area contributed by atoms with Crippen LogP contribution in [0.3, 0.4) is 0 Å². The third kappa shape index (κ3) is 7.43. The average molecular weight is 501 g/mol. The first kappa shape index (κ1) is 26.4. The summed E-state index contributed by atoms with van der Waals surface area (Å²) in [7, 11) is 1.82. The lowest BCUT2D eigenvalue weighted by Crippen LogP contribution is -2.43. The van der Waals surface area contributed by atoms with Gasteiger partial charge in [0.05, 0.1) is 12.3 Å². The van der Waals surface area contributed by atoms with E-state index in [9.17, 15) is 14.7 Å². The number of carbonyl (C=O) groups is 2. The molecular weight excluding hydrogens is 464 g/mol. The Morgan fingerprint density at radius 3 is 2.51 bits per heavy atom. The molecule has 1 saturated heterocycles. The molecule has 1 heterocycles. The number of carboxylic acids is 1. The fourth-order valence-electron chi connectivity index (χ4n) is 5.07. The molecule has 0 aliphatic carbocycles. The van der Waals surface area contributed by atoms with Crippen molar-refractivity contribution in [2.24, 2.45) is 5.92 Å². The number of hydrogen-bond acceptors (Lipinski definition) is 4. The Bertz CT molecular complexity index is 1200. The molecule has 1 aliphatic heterocycles. The van der Waals surface area contributed by atoms with E-state index >= 15 is 0 Å². The summed E-state index contributed by atoms with van der Waals surface area (Å²) in [6.07, 6.45) is 1.12. The number of hydrogen-bond donors (Lipinski definition) is 1. The first-order valence-corrected chi connectivity index (χ1v) is 12.9. The van der Waals surface area contributed by atoms with Crippen molar-refractivity contribution in [1.29, 1.82) is 0 Å². The van der Waals surface area contributed by atoms with E-state index in [0.29, 0.717) is 13.0 Å². The van der Waals surface area contributed by atoms with Gasteiger partial charge >= 0.3 is 5.97 Å². The van der Waals surface area contributed by atoms with Gasteiger partial charge in [-0.2, -0.15) is 0 Å². The Morgan fingerprint density at radius 2 is 1.76 bits per heavy atom. The molecule has 1 aliphatic rings. The van der Waals surface area contributed by atoms with Gasteiger partial charge < -0.3 is 14.7 Å². The number of ether oxygens (including phenoxy) is 1. The lowest BCUT2D eigenvalue weighted by Gasteiger charge is -2.29. The number of carboxylic acid groups (broad SMARTS) is 1. The quantitative estimate of drug-likeness (QED) is 0.404. The number of amides is 1. The van der Waals surface area contributed by atoms with E-state index in [0.717, 1.165) is 54.1 Å². The number of benzene rings is 3. The van der Waals surface area contributed by atoms with Crippen LogP contribution in [-0.4, -0.2) is 53.0 Å². The molecule has 0 saturated carbocycles. The highest BCUT2D eigenvalue weighted by molar-refractivity contribution is 5.83. The second-order valence-electron chi connectivity index (χ2n) is 10.00. The van der Waals surface area contributed by atoms with Gasteiger partial charge in [0.1, 0.15) is 12.4 Å². The normalized spacial score (nSPS) is 16.3. The minimum absolute atomic E-state index is 0.0544. The largest absolute Gasteiger partial charge is 0.489 e. The average Bonchev–Trinajstić information content (AvgIpc) is 3.36. The number of aliphatic carboxylic acids is 1. The van der Waals surface area contributed by atoms with Crippen LogP contribution < -0.4 is 4.74 Å². The number of nitrogens with zero attached hydrogens (tertiary/aromatic N) is 2. The number of para-hydroxylation sites is 1. The van der Waals surface area contributed by atoms with Crippen LogP contribution in [0.15, 0.2) is 78.9 Å². The van der Waals surface area contributed by atoms with Crippen molar-refractivity contribution in [1.82, 2.24) is 9.80 Å². The highest BCUT2D eigenvalue weighted by atomic mass is 16.5. The Hall–Kier alpha value is -3.64. The minimum Gasteiger partial charge on any atom is -0.489 e. The third-order valence-corrected chi connectivity index (χ3v) is 7.08. The summed E-state index contributed by atoms with van der Waals surface area (Å²) in [6, 6.07) is 26.2. The summed E-state index contributed by atoms with van der Waals surface area (Å²) in [5.74, 6) is -0.744. The zero-order chi connectivity index (χ0) is 26.2. The molecule has 4 rings (SSSR count). The van der Waals surface area contributed by atoms with E-state index < -0.39 is 11.9 Å². The van der Waals surface area contributed by atoms with Crippen LogP contribution in [0.5, 0.6) is 5.75 Å². The topological polar surface area (TPSA) is 70.1 Å². The molecule has 2 atom stereocenters. The predicted octanol–water partition coefficient (Wildman–Crippen LogP) is 4.94. The predicted molar refractivity (Wildman–Crippen MR) is 144 cm³/mol. The molecule has 1 fully saturated rings. The monoisotopic (exact) mass is 500 g/mol. The van der Waals surface area contributed by atoms with E-state index in [1.165, 1.54) is 0 Å². The molecule has 0 spiro atoms. The standard InChI is InChI=1S/C31H36N2O4/c1-23-9-8-12-25(17-23)18-27(19-30(34)35)31(36)32(2)28-15-16-33(21-28)20-26-13-6-7-14-29(26)37-22-24-10-4-3-5-11-24/h3-14,17,27-28H,15-16,18-22H2,1-2H3,(H,34,35). The maximum absolute atomic E-state index is 13.4. The number of likely N-dealkylation sites (N-methyl/N-ethyl adjacent to an activating group) is 1. The maximum Gasteiger partial charge on any atom is 0.304 e. The molecule has 2 unspecified atom stereocenters. The fraction of sp³-hybridized carbons (Fsp3) is 0.355. The number of aryl methyl sites for hydroxylation is 1. The van der Waals surface area contributed by atoms with Crippen LogP contribution in [-0.2, 0) is 29.2 Å². The summed E-state index contributed by atoms with van der Waals surface area (Å²) >= 11 is 0. The van der Waals surface area contributed by atoms with Crippen molar-refractivity contribution >= 4 is 11.9 Å². The van der Waals surface area contributed by atoms with Crippen LogP contribution in [0.25, 0.3) is 0 Å². The summed E-state index contributed by atoms with van der Waals surface area (Å²) in [5.41, 5.74) is 4.34. The molecular formula is C31H36N2O4. The van der Waals surface area contributed by atoms with Crippen molar-refractivity contribution in [3.05, 3.63) is 101 Å². The molecule has 3 aromatic carbocycles. The van der Waals surface area contributed by atoms with Gasteiger partial charge in [-0.05, 0) is 37.0 Å². The maximum atomic E-state index is 13.4. The summed E-state index contributed by atoms with van der Waals surface area (Å²) in [4.78, 5) is 29.1. The van der Waals surface area contributed by atoms with E-state index in [2.05, 4.69) is 23.1 Å². The zero-order valence-corrected chi connectivity index (χ0v) is 21.7. The smallest absolute Gasteiger partial charge is 0.304 e. The van der Waals surface area contributed by atoms with E-state index in [1.54, 1.807) is 4.90 Å². The molecule has 6 heteroatoms. The Balaban J connectivity index is 1.37. The Kier molecular flexibility index (Phi) is 8.96. The Labute approximate surface area is 219 Å². The van der Waals surface area contributed by atoms with Gasteiger partial charge in [-0.15, -0.1) is 0 Å². The SMILES string of the molecule is Cc1cccc(CC(CC(=O)O)C(=O)N(C)C2CCN(Cc3ccccc3OCc3ccccc3)C2)c1. The van der Waals surface area contributed by atoms with Gasteiger partial charge in [-0.1, -0.05) is 78.4 Å². The first-order valence-electron chi connectivity index (χ1n) is 12.9. The Morgan fingerprint density at radius 1 is 1.03 bits per heavy atom. The summed E-state index contributed by atoms with van der Waals surface area (Å²) in [5, 5.41) is 9.47. The second kappa shape index (κ2) is 12.5. The summed E-state index contributed by atoms with van der Waals surface area (Å²) in [6.45, 7) is 4.88. The van der Waals surface area contributed by atoms with Crippen LogP contribution >= 0.6 is 0 Å². The van der Waals surface area contributed by atoms with Crippen molar-refractivity contribution in [2.75, 3.05) is 20.1 Å². The molecule has 37 heavy (non-hydrogen) atoms. The molecule has 0 bridgehead atoms. The van der Waals surface area contributed by atoms with Gasteiger partial charge in [-0.25, -0.2) is 0 Å². The molecule has 3 aromatic rings. The van der Waals surface area contributed by atoms with Crippen molar-refractivity contribution < 1.29 is 19.4 Å². The van der Waals surface area contributed by atoms with Gasteiger partial charge in [0.2, 0.25) is 5.91 Å². The molecule has 1 amide bonds. The van der Waals surface area contributed by atoms with Gasteiger partial charge in [0, 0.05) is 38.3 Å². The minimum atomic E-state index is -0.945. The van der Waals surface area contributed by atoms with Crippen molar-refractivity contribution in [3.8, 4) is 5.75 Å². The summed E-state index contributed by atoms with van der Waals surface area (Å²) < 4.78 is 6.13. The molecule has 1 N–H and O–H groups in total. The van der Waals surface area contributed by atoms with Crippen molar-refractivity contribution in [3.63, 3.8) is 0 Å². The van der Waals surface area contributed by atoms with Crippen LogP contribution in [0.4, 0.5) is 0 Å². The number of likely N-dealkylation sites (tertiary alicyclic amines) is 1. The van der Waals surface area contributed by atoms with Crippen LogP contribution in [0, 0.1) is 12.8 Å². The zero-order valence-electron chi connectivity index (χ0n) is 21.7. The van der Waals surface area contributed by atoms with E-state index in [1.807, 2.05) is 74.6 Å². The molecule has 194 valence electrons. The highest BCUT2D eigenvalue weighted by Crippen LogP contribution is 2.26. The van der Waals surface area contributed by atoms with E-state index in [-0.39, 0.29) is 18.4 Å². The lowest BCUT2D eigenvalue weighted by molar-refractivity contribution is -0.144. The van der Waals surface area contributed by atoms with Crippen LogP contribution in [0.1, 0.15) is 35.1 Å². The first-order chi connectivity index (χ1) is 17.9. The van der Waals surface area contributed by atoms with Gasteiger partial charge in [0.25, 0.3) is 0 Å². The lowest BCUT2D eigenvalue weighted by atomic mass is 9.93. The van der Waals surface area contributed by atoms with Crippen molar-refractivity contribution in [2.45, 2.75) is 45.4 Å². The number of rotatable bonds is 11. The second-order valence-corrected chi connectivity index (χ2v) is 10.00. The van der Waals surface area contributed by atoms with Crippen LogP contribution in [0.2, 0.25) is 0 Å². The highest BCUT2D eigenvalue weighted by Gasteiger charge is 2.33. The fourth-order valence-corrected chi connectivity index (χ4v) is 5.07. The molecule has 6 nitrogen and oxygen atoms in total. The van der Waals surface area contributed by atoms with Gasteiger partial charge in [-0.3, -0.25) is 14.5 Å².